The van der Waals surface area contributed by atoms with Gasteiger partial charge in [0.25, 0.3) is 0 Å². The Morgan fingerprint density at radius 3 is 2.47 bits per heavy atom. The van der Waals surface area contributed by atoms with Gasteiger partial charge in [0, 0.05) is 16.2 Å². The molecule has 90 valence electrons. The van der Waals surface area contributed by atoms with Gasteiger partial charge in [-0.1, -0.05) is 35.7 Å². The topological polar surface area (TPSA) is 18.5 Å². The van der Waals surface area contributed by atoms with Crippen molar-refractivity contribution in [2.75, 3.05) is 0 Å². The van der Waals surface area contributed by atoms with Crippen LogP contribution in [0.1, 0.15) is 13.3 Å². The lowest BCUT2D eigenvalue weighted by Crippen LogP contribution is -2.23. The van der Waals surface area contributed by atoms with Crippen LogP contribution in [0.15, 0.2) is 34.1 Å². The lowest BCUT2D eigenvalue weighted by Gasteiger charge is -2.18. The van der Waals surface area contributed by atoms with Gasteiger partial charge in [-0.25, -0.2) is 0 Å². The minimum atomic E-state index is -0.172. The van der Waals surface area contributed by atoms with Gasteiger partial charge in [0.1, 0.15) is 0 Å². The first-order chi connectivity index (χ1) is 8.22. The Bertz CT molecular complexity index is 385. The van der Waals surface area contributed by atoms with Crippen LogP contribution in [0, 0.1) is 6.92 Å². The maximum Gasteiger partial charge on any atom is 0.159 e. The summed E-state index contributed by atoms with van der Waals surface area (Å²) in [6.45, 7) is 7.78. The molecule has 1 fully saturated rings. The van der Waals surface area contributed by atoms with Crippen molar-refractivity contribution in [3.05, 3.63) is 31.2 Å². The zero-order chi connectivity index (χ0) is 11.8. The van der Waals surface area contributed by atoms with Crippen molar-refractivity contribution >= 4 is 23.5 Å². The van der Waals surface area contributed by atoms with Crippen molar-refractivity contribution in [1.82, 2.24) is 0 Å². The van der Waals surface area contributed by atoms with Gasteiger partial charge in [0.2, 0.25) is 0 Å². The Balaban J connectivity index is 1.62. The lowest BCUT2D eigenvalue weighted by molar-refractivity contribution is 0.00318. The maximum atomic E-state index is 6.06. The molecule has 2 heterocycles. The summed E-state index contributed by atoms with van der Waals surface area (Å²) in [6.07, 6.45) is 0.822. The van der Waals surface area contributed by atoms with E-state index < -0.39 is 0 Å². The second-order valence-corrected chi connectivity index (χ2v) is 6.77. The van der Waals surface area contributed by atoms with E-state index in [0.717, 1.165) is 6.42 Å². The molecule has 1 aromatic carbocycles. The highest BCUT2D eigenvalue weighted by atomic mass is 32.2. The first-order valence-corrected chi connectivity index (χ1v) is 7.47. The van der Waals surface area contributed by atoms with Gasteiger partial charge in [-0.05, 0) is 26.0 Å². The minimum Gasteiger partial charge on any atom is -0.372 e. The predicted molar refractivity (Wildman–Crippen MR) is 70.1 cm³/mol. The van der Waals surface area contributed by atoms with E-state index in [9.17, 15) is 0 Å². The molecule has 0 aromatic heterocycles. The molecular weight excluding hydrogens is 252 g/mol. The molecule has 2 nitrogen and oxygen atoms in total. The average Bonchev–Trinajstić information content (AvgIpc) is 2.82. The number of hydrogen-bond donors (Lipinski definition) is 0. The van der Waals surface area contributed by atoms with E-state index in [2.05, 4.69) is 24.3 Å². The van der Waals surface area contributed by atoms with Crippen LogP contribution in [0.5, 0.6) is 0 Å². The Morgan fingerprint density at radius 1 is 1.29 bits per heavy atom. The van der Waals surface area contributed by atoms with Crippen molar-refractivity contribution in [1.29, 1.82) is 0 Å². The van der Waals surface area contributed by atoms with E-state index >= 15 is 0 Å². The van der Waals surface area contributed by atoms with E-state index in [4.69, 9.17) is 16.4 Å². The maximum absolute atomic E-state index is 6.06. The van der Waals surface area contributed by atoms with Crippen LogP contribution in [-0.2, 0) is 9.47 Å². The van der Waals surface area contributed by atoms with Crippen LogP contribution in [0.3, 0.4) is 0 Å². The van der Waals surface area contributed by atoms with Crippen LogP contribution >= 0.6 is 23.5 Å². The fourth-order valence-corrected chi connectivity index (χ4v) is 4.68. The third-order valence-electron chi connectivity index (χ3n) is 2.96. The smallest absolute Gasteiger partial charge is 0.159 e. The number of rotatable bonds is 2. The molecule has 1 aromatic rings. The Hall–Kier alpha value is -0.160. The number of thioether (sulfide) groups is 2. The summed E-state index contributed by atoms with van der Waals surface area (Å²) in [5, 5.41) is 0. The van der Waals surface area contributed by atoms with Gasteiger partial charge < -0.3 is 9.47 Å². The van der Waals surface area contributed by atoms with Crippen LogP contribution in [-0.4, -0.2) is 23.1 Å². The molecule has 0 saturated carbocycles. The summed E-state index contributed by atoms with van der Waals surface area (Å²) < 4.78 is 11.7. The molecule has 1 saturated heterocycles. The molecule has 0 aliphatic carbocycles. The lowest BCUT2D eigenvalue weighted by atomic mass is 10.2. The van der Waals surface area contributed by atoms with Crippen LogP contribution in [0.4, 0.5) is 0 Å². The summed E-state index contributed by atoms with van der Waals surface area (Å²) in [4.78, 5) is 2.61. The normalized spacial score (nSPS) is 32.9. The van der Waals surface area contributed by atoms with Gasteiger partial charge in [-0.2, -0.15) is 0 Å². The summed E-state index contributed by atoms with van der Waals surface area (Å²) in [7, 11) is 0. The van der Waals surface area contributed by atoms with Gasteiger partial charge in [-0.15, -0.1) is 0 Å². The standard InChI is InChI=1S/C13H14O2S2/c1-8-7-10(9(2)14-8)15-13-16-11-5-3-4-6-12(11)17-13/h1,3-6,8-10,13H,7H2,2H3/t8-,9+,10+/m0/s1. The van der Waals surface area contributed by atoms with Crippen molar-refractivity contribution in [3.8, 4) is 0 Å². The third-order valence-corrected chi connectivity index (χ3v) is 5.49. The van der Waals surface area contributed by atoms with E-state index in [0.29, 0.717) is 0 Å². The SMILES string of the molecule is [CH][C@H]1C[C@@H](OC2Sc3ccccc3S2)[C@@H](C)O1. The molecule has 2 aliphatic rings. The van der Waals surface area contributed by atoms with Crippen molar-refractivity contribution in [2.24, 2.45) is 0 Å². The molecule has 0 unspecified atom stereocenters. The van der Waals surface area contributed by atoms with Crippen molar-refractivity contribution < 1.29 is 9.47 Å². The molecule has 4 heteroatoms. The summed E-state index contributed by atoms with van der Waals surface area (Å²) in [5.41, 5.74) is 0. The number of hydrogen-bond acceptors (Lipinski definition) is 4. The molecule has 0 bridgehead atoms. The summed E-state index contributed by atoms with van der Waals surface area (Å²) in [6, 6.07) is 8.39. The van der Waals surface area contributed by atoms with Gasteiger partial charge in [0.15, 0.2) is 4.77 Å². The average molecular weight is 266 g/mol. The Labute approximate surface area is 110 Å². The van der Waals surface area contributed by atoms with E-state index in [1.807, 2.05) is 6.92 Å². The highest BCUT2D eigenvalue weighted by Crippen LogP contribution is 2.49. The quantitative estimate of drug-likeness (QED) is 0.816. The van der Waals surface area contributed by atoms with Crippen LogP contribution < -0.4 is 0 Å². The molecular formula is C13H14O2S2. The van der Waals surface area contributed by atoms with E-state index in [-0.39, 0.29) is 23.1 Å². The zero-order valence-electron chi connectivity index (χ0n) is 9.54. The minimum absolute atomic E-state index is 0.0925. The number of ether oxygens (including phenoxy) is 2. The van der Waals surface area contributed by atoms with Gasteiger partial charge in [-0.3, -0.25) is 0 Å². The molecule has 3 rings (SSSR count). The second-order valence-electron chi connectivity index (χ2n) is 4.26. The Kier molecular flexibility index (Phi) is 3.39. The van der Waals surface area contributed by atoms with E-state index in [1.165, 1.54) is 9.79 Å². The number of fused-ring (bicyclic) bond motifs is 1. The zero-order valence-corrected chi connectivity index (χ0v) is 11.2. The van der Waals surface area contributed by atoms with E-state index in [1.54, 1.807) is 23.5 Å². The van der Waals surface area contributed by atoms with Crippen molar-refractivity contribution in [2.45, 2.75) is 46.2 Å². The fourth-order valence-electron chi connectivity index (χ4n) is 2.08. The first kappa shape index (κ1) is 11.9. The monoisotopic (exact) mass is 266 g/mol. The number of benzene rings is 1. The molecule has 2 aliphatic heterocycles. The molecule has 0 amide bonds. The summed E-state index contributed by atoms with van der Waals surface area (Å²) >= 11 is 3.54. The molecule has 3 atom stereocenters. The molecule has 2 radical (unpaired) electrons. The van der Waals surface area contributed by atoms with Crippen LogP contribution in [0.25, 0.3) is 0 Å². The van der Waals surface area contributed by atoms with Gasteiger partial charge in [0.05, 0.1) is 18.3 Å². The highest BCUT2D eigenvalue weighted by molar-refractivity contribution is 8.19. The first-order valence-electron chi connectivity index (χ1n) is 5.71. The fraction of sp³-hybridized carbons (Fsp3) is 0.462. The molecule has 0 N–H and O–H groups in total. The highest BCUT2D eigenvalue weighted by Gasteiger charge is 2.34. The molecule has 0 spiro atoms. The predicted octanol–water partition coefficient (Wildman–Crippen LogP) is 3.44. The largest absolute Gasteiger partial charge is 0.372 e. The van der Waals surface area contributed by atoms with Gasteiger partial charge >= 0.3 is 0 Å². The van der Waals surface area contributed by atoms with Crippen molar-refractivity contribution in [3.63, 3.8) is 0 Å². The second kappa shape index (κ2) is 4.84. The summed E-state index contributed by atoms with van der Waals surface area (Å²) in [5.74, 6) is 0. The Morgan fingerprint density at radius 2 is 1.94 bits per heavy atom. The van der Waals surface area contributed by atoms with Crippen LogP contribution in [0.2, 0.25) is 0 Å². The third kappa shape index (κ3) is 2.50. The molecule has 17 heavy (non-hydrogen) atoms.